The molecule has 0 heterocycles. The molecule has 224 valence electrons. The Morgan fingerprint density at radius 1 is 0.905 bits per heavy atom. The number of sulfonamides is 1. The second kappa shape index (κ2) is 14.2. The van der Waals surface area contributed by atoms with Gasteiger partial charge in [0.15, 0.2) is 0 Å². The molecule has 0 aliphatic heterocycles. The number of nitrogens with zero attached hydrogens (tertiary/aromatic N) is 2. The molecule has 0 bridgehead atoms. The van der Waals surface area contributed by atoms with Gasteiger partial charge in [-0.15, -0.1) is 0 Å². The summed E-state index contributed by atoms with van der Waals surface area (Å²) >= 11 is 0. The first kappa shape index (κ1) is 30.9. The summed E-state index contributed by atoms with van der Waals surface area (Å²) in [7, 11) is -1.10. The first-order chi connectivity index (χ1) is 20.3. The summed E-state index contributed by atoms with van der Waals surface area (Å²) in [5.41, 5.74) is 1.03. The lowest BCUT2D eigenvalue weighted by molar-refractivity contribution is -0.140. The molecule has 1 aliphatic carbocycles. The Morgan fingerprint density at radius 2 is 1.55 bits per heavy atom. The van der Waals surface area contributed by atoms with Gasteiger partial charge in [-0.05, 0) is 61.2 Å². The largest absolute Gasteiger partial charge is 0.497 e. The van der Waals surface area contributed by atoms with E-state index in [1.807, 2.05) is 25.1 Å². The van der Waals surface area contributed by atoms with Crippen LogP contribution in [0.4, 0.5) is 5.69 Å². The molecule has 42 heavy (non-hydrogen) atoms. The fraction of sp³-hybridized carbons (Fsp3) is 0.375. The first-order valence-corrected chi connectivity index (χ1v) is 15.7. The van der Waals surface area contributed by atoms with Crippen molar-refractivity contribution in [3.05, 3.63) is 84.4 Å². The summed E-state index contributed by atoms with van der Waals surface area (Å²) in [6.07, 6.45) is 4.29. The zero-order chi connectivity index (χ0) is 30.1. The number of hydrogen-bond donors (Lipinski definition) is 1. The molecule has 3 aromatic carbocycles. The van der Waals surface area contributed by atoms with Gasteiger partial charge in [0.1, 0.15) is 24.1 Å². The van der Waals surface area contributed by atoms with Gasteiger partial charge in [-0.2, -0.15) is 0 Å². The smallest absolute Gasteiger partial charge is 0.264 e. The monoisotopic (exact) mass is 593 g/mol. The van der Waals surface area contributed by atoms with Crippen molar-refractivity contribution in [2.75, 3.05) is 25.1 Å². The number of nitrogens with one attached hydrogen (secondary N) is 1. The van der Waals surface area contributed by atoms with E-state index in [1.54, 1.807) is 55.6 Å². The van der Waals surface area contributed by atoms with Crippen molar-refractivity contribution in [2.24, 2.45) is 0 Å². The molecule has 1 fully saturated rings. The minimum absolute atomic E-state index is 0.0472. The zero-order valence-electron chi connectivity index (χ0n) is 24.4. The van der Waals surface area contributed by atoms with Crippen molar-refractivity contribution in [1.82, 2.24) is 10.2 Å². The average Bonchev–Trinajstić information content (AvgIpc) is 3.53. The van der Waals surface area contributed by atoms with E-state index in [1.165, 1.54) is 24.1 Å². The third-order valence-corrected chi connectivity index (χ3v) is 9.31. The van der Waals surface area contributed by atoms with Crippen LogP contribution in [0.15, 0.2) is 83.8 Å². The highest BCUT2D eigenvalue weighted by molar-refractivity contribution is 7.92. The molecule has 0 spiro atoms. The lowest BCUT2D eigenvalue weighted by Crippen LogP contribution is -2.53. The number of amides is 2. The zero-order valence-corrected chi connectivity index (χ0v) is 25.2. The Kier molecular flexibility index (Phi) is 10.5. The van der Waals surface area contributed by atoms with Crippen molar-refractivity contribution in [3.8, 4) is 11.5 Å². The molecule has 0 radical (unpaired) electrons. The summed E-state index contributed by atoms with van der Waals surface area (Å²) in [6, 6.07) is 21.1. The van der Waals surface area contributed by atoms with Gasteiger partial charge in [0.25, 0.3) is 10.0 Å². The van der Waals surface area contributed by atoms with Crippen molar-refractivity contribution in [2.45, 2.75) is 62.6 Å². The van der Waals surface area contributed by atoms with Gasteiger partial charge >= 0.3 is 0 Å². The Balaban J connectivity index is 1.73. The molecule has 9 nitrogen and oxygen atoms in total. The summed E-state index contributed by atoms with van der Waals surface area (Å²) in [4.78, 5) is 29.3. The fourth-order valence-corrected chi connectivity index (χ4v) is 6.70. The molecule has 4 rings (SSSR count). The SMILES string of the molecule is CC[C@@H](C(=O)NC1CCCC1)N(Cc1cccc(OC)c1)C(=O)CN(c1cccc(OC)c1)S(=O)(=O)c1ccccc1. The second-order valence-electron chi connectivity index (χ2n) is 10.3. The number of methoxy groups -OCH3 is 2. The lowest BCUT2D eigenvalue weighted by Gasteiger charge is -2.34. The van der Waals surface area contributed by atoms with Crippen LogP contribution in [0.3, 0.4) is 0 Å². The van der Waals surface area contributed by atoms with E-state index in [9.17, 15) is 18.0 Å². The molecule has 0 saturated heterocycles. The van der Waals surface area contributed by atoms with Crippen LogP contribution in [0.2, 0.25) is 0 Å². The van der Waals surface area contributed by atoms with E-state index >= 15 is 0 Å². The van der Waals surface area contributed by atoms with Crippen LogP contribution in [0, 0.1) is 0 Å². The summed E-state index contributed by atoms with van der Waals surface area (Å²) in [6.45, 7) is 1.44. The van der Waals surface area contributed by atoms with Gasteiger partial charge < -0.3 is 19.7 Å². The molecule has 2 amide bonds. The van der Waals surface area contributed by atoms with Crippen LogP contribution in [0.5, 0.6) is 11.5 Å². The topological polar surface area (TPSA) is 105 Å². The van der Waals surface area contributed by atoms with Crippen molar-refractivity contribution < 1.29 is 27.5 Å². The summed E-state index contributed by atoms with van der Waals surface area (Å²) in [5, 5.41) is 3.12. The molecule has 1 aliphatic rings. The van der Waals surface area contributed by atoms with Gasteiger partial charge in [0, 0.05) is 18.7 Å². The van der Waals surface area contributed by atoms with Crippen molar-refractivity contribution in [3.63, 3.8) is 0 Å². The second-order valence-corrected chi connectivity index (χ2v) is 12.2. The number of rotatable bonds is 13. The van der Waals surface area contributed by atoms with Crippen LogP contribution < -0.4 is 19.1 Å². The number of ether oxygens (including phenoxy) is 2. The van der Waals surface area contributed by atoms with E-state index in [2.05, 4.69) is 5.32 Å². The van der Waals surface area contributed by atoms with E-state index in [-0.39, 0.29) is 29.1 Å². The van der Waals surface area contributed by atoms with Crippen LogP contribution in [0.1, 0.15) is 44.6 Å². The lowest BCUT2D eigenvalue weighted by atomic mass is 10.1. The van der Waals surface area contributed by atoms with Crippen LogP contribution in [0.25, 0.3) is 0 Å². The molecular weight excluding hydrogens is 554 g/mol. The highest BCUT2D eigenvalue weighted by atomic mass is 32.2. The Labute approximate surface area is 248 Å². The number of benzene rings is 3. The van der Waals surface area contributed by atoms with E-state index < -0.39 is 28.5 Å². The number of anilines is 1. The molecule has 3 aromatic rings. The fourth-order valence-electron chi connectivity index (χ4n) is 5.27. The van der Waals surface area contributed by atoms with Gasteiger partial charge in [0.2, 0.25) is 11.8 Å². The molecular formula is C32H39N3O6S. The molecule has 0 aromatic heterocycles. The molecule has 1 atom stereocenters. The molecule has 1 saturated carbocycles. The van der Waals surface area contributed by atoms with E-state index in [4.69, 9.17) is 9.47 Å². The minimum Gasteiger partial charge on any atom is -0.497 e. The van der Waals surface area contributed by atoms with Crippen molar-refractivity contribution >= 4 is 27.5 Å². The standard InChI is InChI=1S/C32H39N3O6S/c1-4-30(32(37)33-25-13-8-9-14-25)34(22-24-12-10-16-27(20-24)40-2)31(36)23-35(26-15-11-17-28(21-26)41-3)42(38,39)29-18-6-5-7-19-29/h5-7,10-12,15-21,25,30H,4,8-9,13-14,22-23H2,1-3H3,(H,33,37)/t30-/m0/s1. The van der Waals surface area contributed by atoms with Crippen molar-refractivity contribution in [1.29, 1.82) is 0 Å². The van der Waals surface area contributed by atoms with E-state index in [0.717, 1.165) is 35.6 Å². The number of carbonyl (C=O) groups excluding carboxylic acids is 2. The Hall–Kier alpha value is -4.05. The highest BCUT2D eigenvalue weighted by Crippen LogP contribution is 2.28. The number of hydrogen-bond acceptors (Lipinski definition) is 6. The maximum absolute atomic E-state index is 14.2. The Bertz CT molecular complexity index is 1460. The van der Waals surface area contributed by atoms with Gasteiger partial charge in [-0.25, -0.2) is 8.42 Å². The summed E-state index contributed by atoms with van der Waals surface area (Å²) < 4.78 is 39.7. The third kappa shape index (κ3) is 7.42. The number of carbonyl (C=O) groups is 2. The molecule has 10 heteroatoms. The van der Waals surface area contributed by atoms with E-state index in [0.29, 0.717) is 17.9 Å². The average molecular weight is 594 g/mol. The normalized spacial score (nSPS) is 14.2. The van der Waals surface area contributed by atoms with Crippen LogP contribution in [-0.4, -0.2) is 58.0 Å². The van der Waals surface area contributed by atoms with Crippen LogP contribution in [-0.2, 0) is 26.2 Å². The third-order valence-electron chi connectivity index (χ3n) is 7.53. The molecule has 1 N–H and O–H groups in total. The maximum Gasteiger partial charge on any atom is 0.264 e. The minimum atomic E-state index is -4.15. The Morgan fingerprint density at radius 3 is 2.19 bits per heavy atom. The van der Waals surface area contributed by atoms with Gasteiger partial charge in [-0.3, -0.25) is 13.9 Å². The maximum atomic E-state index is 14.2. The van der Waals surface area contributed by atoms with Gasteiger partial charge in [0.05, 0.1) is 24.8 Å². The van der Waals surface area contributed by atoms with Crippen LogP contribution >= 0.6 is 0 Å². The first-order valence-electron chi connectivity index (χ1n) is 14.2. The predicted octanol–water partition coefficient (Wildman–Crippen LogP) is 4.77. The highest BCUT2D eigenvalue weighted by Gasteiger charge is 2.34. The predicted molar refractivity (Wildman–Crippen MR) is 162 cm³/mol. The summed E-state index contributed by atoms with van der Waals surface area (Å²) in [5.74, 6) is 0.324. The quantitative estimate of drug-likeness (QED) is 0.306. The van der Waals surface area contributed by atoms with Gasteiger partial charge in [-0.1, -0.05) is 56.2 Å². The molecule has 0 unspecified atom stereocenters.